The molecule has 3 aromatic carbocycles. The van der Waals surface area contributed by atoms with Crippen LogP contribution in [-0.4, -0.2) is 39.7 Å². The average molecular weight is 480 g/mol. The molecule has 0 spiro atoms. The molecule has 0 atom stereocenters. The molecule has 5 aromatic rings. The molecule has 2 heterocycles. The number of carbonyl (C=O) groups excluding carboxylic acids is 1. The van der Waals surface area contributed by atoms with Crippen molar-refractivity contribution in [3.05, 3.63) is 109 Å². The zero-order valence-electron chi connectivity index (χ0n) is 20.0. The van der Waals surface area contributed by atoms with Crippen LogP contribution in [0.3, 0.4) is 0 Å². The topological polar surface area (TPSA) is 83.2 Å². The van der Waals surface area contributed by atoms with Gasteiger partial charge in [0.2, 0.25) is 0 Å². The van der Waals surface area contributed by atoms with Gasteiger partial charge >= 0.3 is 0 Å². The Morgan fingerprint density at radius 2 is 1.75 bits per heavy atom. The van der Waals surface area contributed by atoms with Gasteiger partial charge in [0.05, 0.1) is 32.0 Å². The minimum absolute atomic E-state index is 0.273. The highest BCUT2D eigenvalue weighted by molar-refractivity contribution is 6.08. The molecule has 1 N–H and O–H groups in total. The molecule has 0 bridgehead atoms. The summed E-state index contributed by atoms with van der Waals surface area (Å²) in [4.78, 5) is 13.5. The van der Waals surface area contributed by atoms with Gasteiger partial charge in [0.1, 0.15) is 17.2 Å². The fourth-order valence-corrected chi connectivity index (χ4v) is 3.92. The third kappa shape index (κ3) is 4.83. The Bertz CT molecular complexity index is 1460. The molecule has 8 nitrogen and oxygen atoms in total. The molecule has 0 saturated heterocycles. The molecule has 2 aromatic heterocycles. The van der Waals surface area contributed by atoms with E-state index in [1.165, 1.54) is 0 Å². The lowest BCUT2D eigenvalue weighted by Gasteiger charge is -2.11. The van der Waals surface area contributed by atoms with Gasteiger partial charge in [0.15, 0.2) is 0 Å². The van der Waals surface area contributed by atoms with Crippen LogP contribution in [0.1, 0.15) is 15.9 Å². The maximum absolute atomic E-state index is 13.5. The normalized spacial score (nSPS) is 10.7. The van der Waals surface area contributed by atoms with E-state index in [0.29, 0.717) is 40.6 Å². The second-order valence-corrected chi connectivity index (χ2v) is 8.09. The molecule has 0 aliphatic carbocycles. The van der Waals surface area contributed by atoms with Gasteiger partial charge in [-0.25, -0.2) is 4.68 Å². The van der Waals surface area contributed by atoms with E-state index in [1.54, 1.807) is 37.4 Å². The Balaban J connectivity index is 1.47. The van der Waals surface area contributed by atoms with E-state index in [0.717, 1.165) is 11.3 Å². The number of para-hydroxylation sites is 1. The van der Waals surface area contributed by atoms with Crippen LogP contribution in [0.25, 0.3) is 16.9 Å². The highest BCUT2D eigenvalue weighted by atomic mass is 16.5. The smallest absolute Gasteiger partial charge is 0.259 e. The maximum Gasteiger partial charge on any atom is 0.259 e. The van der Waals surface area contributed by atoms with Crippen molar-refractivity contribution in [2.75, 3.05) is 19.5 Å². The van der Waals surface area contributed by atoms with E-state index < -0.39 is 0 Å². The molecule has 0 aliphatic heterocycles. The van der Waals surface area contributed by atoms with Crippen molar-refractivity contribution in [2.45, 2.75) is 6.54 Å². The number of methoxy groups -OCH3 is 2. The SMILES string of the molecule is COc1ccc(-c2nn(-c3ccccc3)cc2C(=O)Nc2ccc(Cn3cccn3)cc2)c(OC)c1. The Hall–Kier alpha value is -4.85. The Morgan fingerprint density at radius 1 is 0.944 bits per heavy atom. The fraction of sp³-hybridized carbons (Fsp3) is 0.107. The van der Waals surface area contributed by atoms with Crippen LogP contribution in [-0.2, 0) is 6.54 Å². The number of rotatable bonds is 8. The molecular weight excluding hydrogens is 454 g/mol. The van der Waals surface area contributed by atoms with Gasteiger partial charge in [0, 0.05) is 35.9 Å². The number of benzene rings is 3. The molecule has 0 fully saturated rings. The minimum Gasteiger partial charge on any atom is -0.497 e. The van der Waals surface area contributed by atoms with Crippen LogP contribution in [0.4, 0.5) is 5.69 Å². The third-order valence-electron chi connectivity index (χ3n) is 5.76. The first-order chi connectivity index (χ1) is 17.6. The second kappa shape index (κ2) is 10.2. The molecule has 0 unspecified atom stereocenters. The van der Waals surface area contributed by atoms with Crippen LogP contribution in [0.15, 0.2) is 97.5 Å². The second-order valence-electron chi connectivity index (χ2n) is 8.09. The van der Waals surface area contributed by atoms with E-state index in [-0.39, 0.29) is 5.91 Å². The van der Waals surface area contributed by atoms with Gasteiger partial charge in [-0.15, -0.1) is 0 Å². The third-order valence-corrected chi connectivity index (χ3v) is 5.76. The van der Waals surface area contributed by atoms with Gasteiger partial charge in [-0.1, -0.05) is 30.3 Å². The van der Waals surface area contributed by atoms with Crippen molar-refractivity contribution in [1.82, 2.24) is 19.6 Å². The average Bonchev–Trinajstić information content (AvgIpc) is 3.60. The van der Waals surface area contributed by atoms with Gasteiger partial charge in [0.25, 0.3) is 5.91 Å². The Kier molecular flexibility index (Phi) is 6.48. The number of ether oxygens (including phenoxy) is 2. The molecule has 5 rings (SSSR count). The number of nitrogens with zero attached hydrogens (tertiary/aromatic N) is 4. The number of aromatic nitrogens is 4. The lowest BCUT2D eigenvalue weighted by molar-refractivity contribution is 0.102. The number of nitrogens with one attached hydrogen (secondary N) is 1. The van der Waals surface area contributed by atoms with Gasteiger partial charge in [-0.2, -0.15) is 10.2 Å². The zero-order chi connectivity index (χ0) is 24.9. The van der Waals surface area contributed by atoms with Crippen LogP contribution in [0.5, 0.6) is 11.5 Å². The molecule has 180 valence electrons. The lowest BCUT2D eigenvalue weighted by atomic mass is 10.1. The molecular formula is C28H25N5O3. The van der Waals surface area contributed by atoms with Crippen LogP contribution < -0.4 is 14.8 Å². The summed E-state index contributed by atoms with van der Waals surface area (Å²) in [6.07, 6.45) is 5.39. The Morgan fingerprint density at radius 3 is 2.44 bits per heavy atom. The van der Waals surface area contributed by atoms with Gasteiger partial charge < -0.3 is 14.8 Å². The summed E-state index contributed by atoms with van der Waals surface area (Å²) < 4.78 is 14.5. The zero-order valence-corrected chi connectivity index (χ0v) is 20.0. The van der Waals surface area contributed by atoms with E-state index in [9.17, 15) is 4.79 Å². The summed E-state index contributed by atoms with van der Waals surface area (Å²) in [5, 5.41) is 12.0. The van der Waals surface area contributed by atoms with Gasteiger partial charge in [-0.3, -0.25) is 9.48 Å². The Labute approximate surface area is 208 Å². The molecule has 36 heavy (non-hydrogen) atoms. The fourth-order valence-electron chi connectivity index (χ4n) is 3.92. The van der Waals surface area contributed by atoms with E-state index in [1.807, 2.05) is 83.7 Å². The van der Waals surface area contributed by atoms with Crippen molar-refractivity contribution in [3.8, 4) is 28.4 Å². The van der Waals surface area contributed by atoms with Crippen LogP contribution >= 0.6 is 0 Å². The summed E-state index contributed by atoms with van der Waals surface area (Å²) in [7, 11) is 3.18. The minimum atomic E-state index is -0.273. The summed E-state index contributed by atoms with van der Waals surface area (Å²) in [5.74, 6) is 0.939. The molecule has 0 aliphatic rings. The highest BCUT2D eigenvalue weighted by Gasteiger charge is 2.22. The lowest BCUT2D eigenvalue weighted by Crippen LogP contribution is -2.12. The summed E-state index contributed by atoms with van der Waals surface area (Å²) in [6.45, 7) is 0.659. The summed E-state index contributed by atoms with van der Waals surface area (Å²) in [6, 6.07) is 24.7. The van der Waals surface area contributed by atoms with Crippen molar-refractivity contribution in [1.29, 1.82) is 0 Å². The van der Waals surface area contributed by atoms with Crippen LogP contribution in [0.2, 0.25) is 0 Å². The van der Waals surface area contributed by atoms with E-state index in [2.05, 4.69) is 10.4 Å². The number of amides is 1. The standard InChI is InChI=1S/C28H25N5O3/c1-35-23-13-14-24(26(17-23)36-2)27-25(19-33(31-27)22-7-4-3-5-8-22)28(34)30-21-11-9-20(10-12-21)18-32-16-6-15-29-32/h3-17,19H,18H2,1-2H3,(H,30,34). The highest BCUT2D eigenvalue weighted by Crippen LogP contribution is 2.35. The van der Waals surface area contributed by atoms with Crippen LogP contribution in [0, 0.1) is 0 Å². The molecule has 8 heteroatoms. The predicted octanol–water partition coefficient (Wildman–Crippen LogP) is 5.05. The molecule has 0 saturated carbocycles. The quantitative estimate of drug-likeness (QED) is 0.337. The largest absolute Gasteiger partial charge is 0.497 e. The van der Waals surface area contributed by atoms with E-state index in [4.69, 9.17) is 14.6 Å². The van der Waals surface area contributed by atoms with Crippen molar-refractivity contribution in [2.24, 2.45) is 0 Å². The first-order valence-corrected chi connectivity index (χ1v) is 11.4. The molecule has 0 radical (unpaired) electrons. The number of hydrogen-bond acceptors (Lipinski definition) is 5. The molecule has 1 amide bonds. The van der Waals surface area contributed by atoms with Crippen molar-refractivity contribution < 1.29 is 14.3 Å². The van der Waals surface area contributed by atoms with E-state index >= 15 is 0 Å². The van der Waals surface area contributed by atoms with Crippen molar-refractivity contribution in [3.63, 3.8) is 0 Å². The number of hydrogen-bond donors (Lipinski definition) is 1. The first-order valence-electron chi connectivity index (χ1n) is 11.4. The first kappa shape index (κ1) is 22.9. The monoisotopic (exact) mass is 479 g/mol. The summed E-state index contributed by atoms with van der Waals surface area (Å²) in [5.41, 5.74) is 4.22. The maximum atomic E-state index is 13.5. The summed E-state index contributed by atoms with van der Waals surface area (Å²) >= 11 is 0. The number of anilines is 1. The number of carbonyl (C=O) groups is 1. The predicted molar refractivity (Wildman–Crippen MR) is 138 cm³/mol. The van der Waals surface area contributed by atoms with Crippen molar-refractivity contribution >= 4 is 11.6 Å². The van der Waals surface area contributed by atoms with Gasteiger partial charge in [-0.05, 0) is 48.0 Å².